The van der Waals surface area contributed by atoms with Gasteiger partial charge in [0.1, 0.15) is 0 Å². The molecule has 0 bridgehead atoms. The maximum Gasteiger partial charge on any atom is 0.319 e. The molecule has 0 aromatic carbocycles. The van der Waals surface area contributed by atoms with Crippen LogP contribution in [-0.4, -0.2) is 66.8 Å². The number of nitrogens with zero attached hydrogens (tertiary/aromatic N) is 2. The molecule has 1 heterocycles. The molecule has 2 aliphatic rings. The molecule has 2 fully saturated rings. The first kappa shape index (κ1) is 17.5. The van der Waals surface area contributed by atoms with Crippen molar-refractivity contribution in [2.24, 2.45) is 5.92 Å². The number of aliphatic hydroxyl groups is 1. The summed E-state index contributed by atoms with van der Waals surface area (Å²) in [6, 6.07) is 0.673. The zero-order valence-electron chi connectivity index (χ0n) is 14.3. The molecule has 1 saturated heterocycles. The molecule has 0 spiro atoms. The van der Waals surface area contributed by atoms with Gasteiger partial charge in [-0.05, 0) is 51.0 Å². The Kier molecular flexibility index (Phi) is 6.96. The average molecular weight is 311 g/mol. The molecular formula is C17H33N3O2. The van der Waals surface area contributed by atoms with Gasteiger partial charge in [0, 0.05) is 33.2 Å². The largest absolute Gasteiger partial charge is 0.393 e. The number of aliphatic hydroxyl groups excluding tert-OH is 1. The quantitative estimate of drug-likeness (QED) is 0.764. The van der Waals surface area contributed by atoms with E-state index in [4.69, 9.17) is 0 Å². The summed E-state index contributed by atoms with van der Waals surface area (Å²) in [5.74, 6) is 0.523. The number of nitrogens with one attached hydrogen (secondary N) is 1. The minimum Gasteiger partial charge on any atom is -0.393 e. The Balaban J connectivity index is 1.56. The first-order chi connectivity index (χ1) is 10.6. The van der Waals surface area contributed by atoms with Crippen LogP contribution in [0.3, 0.4) is 0 Å². The second-order valence-corrected chi connectivity index (χ2v) is 7.15. The van der Waals surface area contributed by atoms with Crippen molar-refractivity contribution in [3.8, 4) is 0 Å². The van der Waals surface area contributed by atoms with Gasteiger partial charge in [0.15, 0.2) is 0 Å². The maximum atomic E-state index is 11.9. The number of carbonyl (C=O) groups excluding carboxylic acids is 1. The van der Waals surface area contributed by atoms with Gasteiger partial charge in [-0.15, -0.1) is 0 Å². The first-order valence-electron chi connectivity index (χ1n) is 8.95. The van der Waals surface area contributed by atoms with E-state index < -0.39 is 0 Å². The van der Waals surface area contributed by atoms with Gasteiger partial charge in [-0.25, -0.2) is 4.79 Å². The summed E-state index contributed by atoms with van der Waals surface area (Å²) in [5.41, 5.74) is 0. The monoisotopic (exact) mass is 311 g/mol. The number of amides is 2. The summed E-state index contributed by atoms with van der Waals surface area (Å²) in [7, 11) is 3.62. The number of hydrogen-bond acceptors (Lipinski definition) is 3. The highest BCUT2D eigenvalue weighted by atomic mass is 16.3. The van der Waals surface area contributed by atoms with Crippen molar-refractivity contribution in [1.82, 2.24) is 15.1 Å². The minimum atomic E-state index is -0.0611. The molecule has 2 atom stereocenters. The molecule has 0 radical (unpaired) electrons. The van der Waals surface area contributed by atoms with Gasteiger partial charge >= 0.3 is 6.03 Å². The highest BCUT2D eigenvalue weighted by molar-refractivity contribution is 5.73. The fourth-order valence-electron chi connectivity index (χ4n) is 3.75. The van der Waals surface area contributed by atoms with Crippen LogP contribution >= 0.6 is 0 Å². The Morgan fingerprint density at radius 1 is 1.18 bits per heavy atom. The third-order valence-corrected chi connectivity index (χ3v) is 5.20. The zero-order valence-corrected chi connectivity index (χ0v) is 14.3. The smallest absolute Gasteiger partial charge is 0.319 e. The van der Waals surface area contributed by atoms with Gasteiger partial charge in [0.2, 0.25) is 0 Å². The molecule has 1 aliphatic carbocycles. The van der Waals surface area contributed by atoms with E-state index in [-0.39, 0.29) is 12.1 Å². The lowest BCUT2D eigenvalue weighted by Gasteiger charge is -2.34. The molecule has 0 aromatic heterocycles. The van der Waals surface area contributed by atoms with E-state index in [1.165, 1.54) is 19.3 Å². The molecule has 2 unspecified atom stereocenters. The maximum absolute atomic E-state index is 11.9. The lowest BCUT2D eigenvalue weighted by molar-refractivity contribution is 0.0641. The average Bonchev–Trinajstić information content (AvgIpc) is 2.53. The van der Waals surface area contributed by atoms with Crippen molar-refractivity contribution >= 4 is 6.03 Å². The predicted octanol–water partition coefficient (Wildman–Crippen LogP) is 2.05. The number of urea groups is 1. The van der Waals surface area contributed by atoms with E-state index in [1.807, 2.05) is 19.0 Å². The molecule has 128 valence electrons. The summed E-state index contributed by atoms with van der Waals surface area (Å²) >= 11 is 0. The molecule has 2 amide bonds. The van der Waals surface area contributed by atoms with E-state index in [2.05, 4.69) is 5.32 Å². The fourth-order valence-corrected chi connectivity index (χ4v) is 3.75. The molecule has 1 aliphatic heterocycles. The molecule has 5 nitrogen and oxygen atoms in total. The number of hydrogen-bond donors (Lipinski definition) is 2. The van der Waals surface area contributed by atoms with Crippen LogP contribution in [0.1, 0.15) is 51.4 Å². The van der Waals surface area contributed by atoms with Crippen molar-refractivity contribution in [2.75, 3.05) is 33.7 Å². The molecule has 2 N–H and O–H groups in total. The Morgan fingerprint density at radius 3 is 2.50 bits per heavy atom. The van der Waals surface area contributed by atoms with Crippen molar-refractivity contribution < 1.29 is 9.90 Å². The molecule has 5 heteroatoms. The van der Waals surface area contributed by atoms with E-state index in [1.54, 1.807) is 4.90 Å². The highest BCUT2D eigenvalue weighted by Gasteiger charge is 2.24. The van der Waals surface area contributed by atoms with Gasteiger partial charge < -0.3 is 20.2 Å². The van der Waals surface area contributed by atoms with E-state index >= 15 is 0 Å². The van der Waals surface area contributed by atoms with Gasteiger partial charge in [0.25, 0.3) is 0 Å². The molecule has 0 aromatic rings. The van der Waals surface area contributed by atoms with E-state index in [9.17, 15) is 9.90 Å². The summed E-state index contributed by atoms with van der Waals surface area (Å²) in [5, 5.41) is 13.6. The van der Waals surface area contributed by atoms with Crippen LogP contribution in [0.5, 0.6) is 0 Å². The second-order valence-electron chi connectivity index (χ2n) is 7.15. The molecular weight excluding hydrogens is 278 g/mol. The van der Waals surface area contributed by atoms with Crippen LogP contribution in [0, 0.1) is 5.92 Å². The van der Waals surface area contributed by atoms with E-state index in [0.717, 1.165) is 51.7 Å². The van der Waals surface area contributed by atoms with Gasteiger partial charge in [0.05, 0.1) is 6.10 Å². The molecule has 1 saturated carbocycles. The normalized spacial score (nSPS) is 27.0. The van der Waals surface area contributed by atoms with Crippen LogP contribution in [0.2, 0.25) is 0 Å². The SMILES string of the molecule is CN(C)C(=O)N1CCC(NCCCC2CCCCC2O)CC1. The number of piperidine rings is 1. The third kappa shape index (κ3) is 5.13. The van der Waals surface area contributed by atoms with Gasteiger partial charge in [-0.3, -0.25) is 0 Å². The predicted molar refractivity (Wildman–Crippen MR) is 88.9 cm³/mol. The first-order valence-corrected chi connectivity index (χ1v) is 8.95. The lowest BCUT2D eigenvalue weighted by Crippen LogP contribution is -2.48. The van der Waals surface area contributed by atoms with Crippen LogP contribution in [0.4, 0.5) is 4.79 Å². The van der Waals surface area contributed by atoms with Crippen LogP contribution in [0.15, 0.2) is 0 Å². The zero-order chi connectivity index (χ0) is 15.9. The fraction of sp³-hybridized carbons (Fsp3) is 0.941. The Labute approximate surface area is 135 Å². The molecule has 2 rings (SSSR count). The number of likely N-dealkylation sites (tertiary alicyclic amines) is 1. The lowest BCUT2D eigenvalue weighted by atomic mass is 9.83. The van der Waals surface area contributed by atoms with Crippen molar-refractivity contribution in [1.29, 1.82) is 0 Å². The van der Waals surface area contributed by atoms with Crippen LogP contribution in [-0.2, 0) is 0 Å². The van der Waals surface area contributed by atoms with Crippen molar-refractivity contribution in [3.05, 3.63) is 0 Å². The Morgan fingerprint density at radius 2 is 1.86 bits per heavy atom. The van der Waals surface area contributed by atoms with Gasteiger partial charge in [-0.1, -0.05) is 12.8 Å². The standard InChI is InChI=1S/C17H33N3O2/c1-19(2)17(22)20-12-9-15(10-13-20)18-11-5-7-14-6-3-4-8-16(14)21/h14-16,18,21H,3-13H2,1-2H3. The van der Waals surface area contributed by atoms with Crippen LogP contribution in [0.25, 0.3) is 0 Å². The third-order valence-electron chi connectivity index (χ3n) is 5.20. The second kappa shape index (κ2) is 8.73. The highest BCUT2D eigenvalue weighted by Crippen LogP contribution is 2.27. The number of rotatable bonds is 5. The topological polar surface area (TPSA) is 55.8 Å². The summed E-state index contributed by atoms with van der Waals surface area (Å²) in [6.07, 6.45) is 9.01. The Hall–Kier alpha value is -0.810. The van der Waals surface area contributed by atoms with Crippen LogP contribution < -0.4 is 5.32 Å². The summed E-state index contributed by atoms with van der Waals surface area (Å²) in [6.45, 7) is 2.75. The summed E-state index contributed by atoms with van der Waals surface area (Å²) < 4.78 is 0. The minimum absolute atomic E-state index is 0.0611. The van der Waals surface area contributed by atoms with Crippen molar-refractivity contribution in [3.63, 3.8) is 0 Å². The van der Waals surface area contributed by atoms with Gasteiger partial charge in [-0.2, -0.15) is 0 Å². The number of carbonyl (C=O) groups is 1. The van der Waals surface area contributed by atoms with Crippen molar-refractivity contribution in [2.45, 2.75) is 63.5 Å². The molecule has 22 heavy (non-hydrogen) atoms. The van der Waals surface area contributed by atoms with E-state index in [0.29, 0.717) is 12.0 Å². The summed E-state index contributed by atoms with van der Waals surface area (Å²) in [4.78, 5) is 15.5. The Bertz CT molecular complexity index is 341.